The second kappa shape index (κ2) is 8.27. The van der Waals surface area contributed by atoms with Crippen molar-refractivity contribution in [3.05, 3.63) is 53.7 Å². The van der Waals surface area contributed by atoms with Crippen LogP contribution in [0.5, 0.6) is 5.88 Å². The summed E-state index contributed by atoms with van der Waals surface area (Å²) in [5, 5.41) is 8.02. The Morgan fingerprint density at radius 2 is 1.82 bits per heavy atom. The molecule has 1 aliphatic heterocycles. The molecule has 148 valence electrons. The van der Waals surface area contributed by atoms with E-state index < -0.39 is 0 Å². The molecule has 2 fully saturated rings. The Labute approximate surface area is 166 Å². The van der Waals surface area contributed by atoms with Crippen LogP contribution in [-0.4, -0.2) is 58.2 Å². The van der Waals surface area contributed by atoms with Crippen LogP contribution in [0.1, 0.15) is 48.2 Å². The molecule has 28 heavy (non-hydrogen) atoms. The van der Waals surface area contributed by atoms with Crippen LogP contribution in [0.2, 0.25) is 0 Å². The number of methoxy groups -OCH3 is 1. The maximum atomic E-state index is 13.1. The van der Waals surface area contributed by atoms with E-state index in [0.717, 1.165) is 39.0 Å². The van der Waals surface area contributed by atoms with Gasteiger partial charge in [-0.1, -0.05) is 49.6 Å². The summed E-state index contributed by atoms with van der Waals surface area (Å²) in [6.45, 7) is 3.34. The second-order valence-electron chi connectivity index (χ2n) is 7.88. The molecule has 0 atom stereocenters. The van der Waals surface area contributed by atoms with Crippen LogP contribution in [0.4, 0.5) is 0 Å². The van der Waals surface area contributed by atoms with E-state index in [-0.39, 0.29) is 11.4 Å². The first kappa shape index (κ1) is 18.9. The minimum atomic E-state index is -0.0283. The number of carbonyl (C=O) groups excluding carboxylic acids is 1. The number of aromatic nitrogens is 2. The molecule has 1 amide bonds. The van der Waals surface area contributed by atoms with Gasteiger partial charge in [0.2, 0.25) is 5.88 Å². The normalized spacial score (nSPS) is 19.5. The molecule has 1 aliphatic carbocycles. The molecule has 1 aromatic carbocycles. The summed E-state index contributed by atoms with van der Waals surface area (Å²) >= 11 is 0. The minimum absolute atomic E-state index is 0.0283. The summed E-state index contributed by atoms with van der Waals surface area (Å²) < 4.78 is 5.05. The van der Waals surface area contributed by atoms with E-state index in [9.17, 15) is 4.79 Å². The Balaban J connectivity index is 1.52. The second-order valence-corrected chi connectivity index (χ2v) is 7.88. The zero-order chi connectivity index (χ0) is 19.4. The first-order valence-corrected chi connectivity index (χ1v) is 10.2. The Morgan fingerprint density at radius 3 is 2.50 bits per heavy atom. The maximum Gasteiger partial charge on any atom is 0.274 e. The predicted octanol–water partition coefficient (Wildman–Crippen LogP) is 3.15. The molecular formula is C22H28N4O2. The molecule has 1 saturated heterocycles. The van der Waals surface area contributed by atoms with Crippen molar-refractivity contribution in [1.82, 2.24) is 20.0 Å². The number of hydrogen-bond donors (Lipinski definition) is 0. The van der Waals surface area contributed by atoms with Gasteiger partial charge >= 0.3 is 0 Å². The highest BCUT2D eigenvalue weighted by atomic mass is 16.5. The number of nitrogens with zero attached hydrogens (tertiary/aromatic N) is 4. The summed E-state index contributed by atoms with van der Waals surface area (Å²) in [5.74, 6) is 0.396. The van der Waals surface area contributed by atoms with Gasteiger partial charge in [-0.2, -0.15) is 0 Å². The number of rotatable bonds is 4. The molecule has 6 heteroatoms. The van der Waals surface area contributed by atoms with Crippen molar-refractivity contribution in [2.75, 3.05) is 26.7 Å². The molecule has 2 aliphatic rings. The molecule has 0 unspecified atom stereocenters. The molecule has 6 nitrogen and oxygen atoms in total. The summed E-state index contributed by atoms with van der Waals surface area (Å²) in [6, 6.07) is 14.1. The fourth-order valence-corrected chi connectivity index (χ4v) is 4.63. The fourth-order valence-electron chi connectivity index (χ4n) is 4.63. The number of amides is 1. The van der Waals surface area contributed by atoms with Crippen LogP contribution in [-0.2, 0) is 6.54 Å². The first-order chi connectivity index (χ1) is 13.7. The molecule has 0 bridgehead atoms. The largest absolute Gasteiger partial charge is 0.480 e. The molecule has 2 aromatic rings. The molecule has 0 N–H and O–H groups in total. The SMILES string of the molecule is COc1ccc(C(=O)N2CCN(Cc3ccccc3)C3(CCCCC3)C2)nn1. The van der Waals surface area contributed by atoms with Gasteiger partial charge < -0.3 is 9.64 Å². The maximum absolute atomic E-state index is 13.1. The monoisotopic (exact) mass is 380 g/mol. The highest BCUT2D eigenvalue weighted by Crippen LogP contribution is 2.37. The van der Waals surface area contributed by atoms with Crippen molar-refractivity contribution in [2.24, 2.45) is 0 Å². The van der Waals surface area contributed by atoms with Gasteiger partial charge in [0.1, 0.15) is 0 Å². The Kier molecular flexibility index (Phi) is 5.57. The van der Waals surface area contributed by atoms with Crippen LogP contribution in [0.3, 0.4) is 0 Å². The summed E-state index contributed by atoms with van der Waals surface area (Å²) in [6.07, 6.45) is 6.06. The van der Waals surface area contributed by atoms with Crippen molar-refractivity contribution >= 4 is 5.91 Å². The molecule has 4 rings (SSSR count). The number of carbonyl (C=O) groups is 1. The average Bonchev–Trinajstić information content (AvgIpc) is 2.76. The third kappa shape index (κ3) is 3.87. The highest BCUT2D eigenvalue weighted by Gasteiger charge is 2.43. The lowest BCUT2D eigenvalue weighted by atomic mass is 9.78. The van der Waals surface area contributed by atoms with Crippen LogP contribution in [0, 0.1) is 0 Å². The van der Waals surface area contributed by atoms with E-state index >= 15 is 0 Å². The zero-order valence-electron chi connectivity index (χ0n) is 16.5. The summed E-state index contributed by atoms with van der Waals surface area (Å²) in [4.78, 5) is 17.6. The number of hydrogen-bond acceptors (Lipinski definition) is 5. The third-order valence-electron chi connectivity index (χ3n) is 6.15. The van der Waals surface area contributed by atoms with Crippen molar-refractivity contribution in [3.63, 3.8) is 0 Å². The lowest BCUT2D eigenvalue weighted by Crippen LogP contribution is -2.63. The van der Waals surface area contributed by atoms with E-state index in [1.54, 1.807) is 19.2 Å². The zero-order valence-corrected chi connectivity index (χ0v) is 16.5. The van der Waals surface area contributed by atoms with E-state index in [0.29, 0.717) is 11.6 Å². The van der Waals surface area contributed by atoms with Gasteiger partial charge in [0.15, 0.2) is 5.69 Å². The molecular weight excluding hydrogens is 352 g/mol. The van der Waals surface area contributed by atoms with Crippen LogP contribution in [0.15, 0.2) is 42.5 Å². The van der Waals surface area contributed by atoms with Gasteiger partial charge in [-0.3, -0.25) is 9.69 Å². The minimum Gasteiger partial charge on any atom is -0.480 e. The van der Waals surface area contributed by atoms with Crippen LogP contribution < -0.4 is 4.74 Å². The molecule has 1 saturated carbocycles. The van der Waals surface area contributed by atoms with Crippen molar-refractivity contribution in [3.8, 4) is 5.88 Å². The van der Waals surface area contributed by atoms with E-state index in [4.69, 9.17) is 4.74 Å². The summed E-state index contributed by atoms with van der Waals surface area (Å²) in [7, 11) is 1.55. The van der Waals surface area contributed by atoms with Crippen molar-refractivity contribution < 1.29 is 9.53 Å². The van der Waals surface area contributed by atoms with Gasteiger partial charge in [0.05, 0.1) is 7.11 Å². The number of piperazine rings is 1. The predicted molar refractivity (Wildman–Crippen MR) is 107 cm³/mol. The molecule has 1 aromatic heterocycles. The van der Waals surface area contributed by atoms with Gasteiger partial charge in [0, 0.05) is 37.8 Å². The lowest BCUT2D eigenvalue weighted by Gasteiger charge is -2.53. The summed E-state index contributed by atoms with van der Waals surface area (Å²) in [5.41, 5.74) is 1.80. The van der Waals surface area contributed by atoms with Crippen molar-refractivity contribution in [1.29, 1.82) is 0 Å². The fraction of sp³-hybridized carbons (Fsp3) is 0.500. The smallest absolute Gasteiger partial charge is 0.274 e. The van der Waals surface area contributed by atoms with Gasteiger partial charge in [0.25, 0.3) is 5.91 Å². The Hall–Kier alpha value is -2.47. The number of benzene rings is 1. The van der Waals surface area contributed by atoms with Crippen LogP contribution in [0.25, 0.3) is 0 Å². The molecule has 1 spiro atoms. The quantitative estimate of drug-likeness (QED) is 0.816. The lowest BCUT2D eigenvalue weighted by molar-refractivity contribution is -0.0254. The van der Waals surface area contributed by atoms with Crippen molar-refractivity contribution in [2.45, 2.75) is 44.2 Å². The standard InChI is InChI=1S/C22H28N4O2/c1-28-20-11-10-19(23-24-20)21(27)25-14-15-26(16-18-8-4-2-5-9-18)22(17-25)12-6-3-7-13-22/h2,4-5,8-11H,3,6-7,12-17H2,1H3. The van der Waals surface area contributed by atoms with E-state index in [2.05, 4.69) is 45.4 Å². The molecule has 2 heterocycles. The Morgan fingerprint density at radius 1 is 1.04 bits per heavy atom. The van der Waals surface area contributed by atoms with Gasteiger partial charge in [-0.25, -0.2) is 0 Å². The third-order valence-corrected chi connectivity index (χ3v) is 6.15. The van der Waals surface area contributed by atoms with Crippen LogP contribution >= 0.6 is 0 Å². The Bertz CT molecular complexity index is 788. The van der Waals surface area contributed by atoms with E-state index in [1.807, 2.05) is 4.90 Å². The van der Waals surface area contributed by atoms with Gasteiger partial charge in [-0.15, -0.1) is 10.2 Å². The highest BCUT2D eigenvalue weighted by molar-refractivity contribution is 5.92. The number of ether oxygens (including phenoxy) is 1. The van der Waals surface area contributed by atoms with Gasteiger partial charge in [-0.05, 0) is 24.5 Å². The topological polar surface area (TPSA) is 58.6 Å². The van der Waals surface area contributed by atoms with E-state index in [1.165, 1.54) is 24.8 Å². The average molecular weight is 380 g/mol. The first-order valence-electron chi connectivity index (χ1n) is 10.2. The molecule has 0 radical (unpaired) electrons.